The molecule has 0 fully saturated rings. The lowest BCUT2D eigenvalue weighted by Crippen LogP contribution is -2.20. The van der Waals surface area contributed by atoms with E-state index in [0.717, 1.165) is 31.5 Å². The highest BCUT2D eigenvalue weighted by Gasteiger charge is 2.19. The van der Waals surface area contributed by atoms with Gasteiger partial charge in [-0.05, 0) is 68.8 Å². The standard InChI is InChI=1S/C21H30NO7P/c1-2-29-30(25,26)16-28-19-6-4-17(5-7-19)10-12-22-11-3-13-27-20-8-9-21(24)18(14-20)15-23/h4-9,14,22-24H,2-3,10-13,15-16H2,1H3,(H,25,26). The Balaban J connectivity index is 1.59. The summed E-state index contributed by atoms with van der Waals surface area (Å²) in [6.45, 7) is 3.73. The van der Waals surface area contributed by atoms with Crippen molar-refractivity contribution in [2.45, 2.75) is 26.4 Å². The van der Waals surface area contributed by atoms with E-state index in [2.05, 4.69) is 5.32 Å². The van der Waals surface area contributed by atoms with E-state index >= 15 is 0 Å². The summed E-state index contributed by atoms with van der Waals surface area (Å²) in [4.78, 5) is 9.51. The van der Waals surface area contributed by atoms with Crippen molar-refractivity contribution in [2.24, 2.45) is 0 Å². The molecular weight excluding hydrogens is 409 g/mol. The Morgan fingerprint density at radius 3 is 2.47 bits per heavy atom. The third-order valence-electron chi connectivity index (χ3n) is 4.23. The van der Waals surface area contributed by atoms with E-state index in [9.17, 15) is 14.6 Å². The number of aliphatic hydroxyl groups is 1. The zero-order valence-corrected chi connectivity index (χ0v) is 18.0. The van der Waals surface area contributed by atoms with Crippen LogP contribution in [0, 0.1) is 0 Å². The SMILES string of the molecule is CCOP(=O)(O)COc1ccc(CCNCCCOc2ccc(O)c(CO)c2)cc1. The van der Waals surface area contributed by atoms with Gasteiger partial charge in [0, 0.05) is 5.56 Å². The summed E-state index contributed by atoms with van der Waals surface area (Å²) in [7, 11) is -3.69. The first-order valence-electron chi connectivity index (χ1n) is 9.88. The van der Waals surface area contributed by atoms with Crippen molar-refractivity contribution in [1.29, 1.82) is 0 Å². The molecule has 2 aromatic rings. The van der Waals surface area contributed by atoms with Crippen LogP contribution in [0.1, 0.15) is 24.5 Å². The first-order valence-corrected chi connectivity index (χ1v) is 11.6. The maximum atomic E-state index is 11.6. The Kier molecular flexibility index (Phi) is 10.1. The molecule has 166 valence electrons. The Bertz CT molecular complexity index is 814. The monoisotopic (exact) mass is 439 g/mol. The number of rotatable bonds is 14. The summed E-state index contributed by atoms with van der Waals surface area (Å²) in [6, 6.07) is 12.2. The first-order chi connectivity index (χ1) is 14.4. The first kappa shape index (κ1) is 24.2. The number of aliphatic hydroxyl groups excluding tert-OH is 1. The predicted octanol–water partition coefficient (Wildman–Crippen LogP) is 3.04. The molecule has 30 heavy (non-hydrogen) atoms. The quantitative estimate of drug-likeness (QED) is 0.262. The van der Waals surface area contributed by atoms with E-state index in [-0.39, 0.29) is 25.3 Å². The minimum absolute atomic E-state index is 0.0602. The number of ether oxygens (including phenoxy) is 2. The molecule has 0 radical (unpaired) electrons. The molecule has 9 heteroatoms. The summed E-state index contributed by atoms with van der Waals surface area (Å²) < 4.78 is 27.3. The fourth-order valence-corrected chi connectivity index (χ4v) is 3.46. The highest BCUT2D eigenvalue weighted by molar-refractivity contribution is 7.52. The molecular formula is C21H30NO7P. The number of aromatic hydroxyl groups is 1. The number of hydrogen-bond acceptors (Lipinski definition) is 7. The molecule has 0 aliphatic rings. The minimum Gasteiger partial charge on any atom is -0.508 e. The minimum atomic E-state index is -3.69. The second-order valence-electron chi connectivity index (χ2n) is 6.62. The molecule has 0 aliphatic carbocycles. The van der Waals surface area contributed by atoms with Crippen LogP contribution in [0.25, 0.3) is 0 Å². The summed E-state index contributed by atoms with van der Waals surface area (Å²) in [5, 5.41) is 22.0. The molecule has 0 amide bonds. The van der Waals surface area contributed by atoms with E-state index in [1.807, 2.05) is 12.1 Å². The number of hydrogen-bond donors (Lipinski definition) is 4. The summed E-state index contributed by atoms with van der Waals surface area (Å²) in [6.07, 6.45) is 1.30. The van der Waals surface area contributed by atoms with Crippen LogP contribution in [0.15, 0.2) is 42.5 Å². The summed E-state index contributed by atoms with van der Waals surface area (Å²) >= 11 is 0. The van der Waals surface area contributed by atoms with Gasteiger partial charge in [-0.3, -0.25) is 4.57 Å². The molecule has 0 saturated carbocycles. The summed E-state index contributed by atoms with van der Waals surface area (Å²) in [5.74, 6) is 1.21. The molecule has 0 bridgehead atoms. The molecule has 4 N–H and O–H groups in total. The largest absolute Gasteiger partial charge is 0.508 e. The maximum absolute atomic E-state index is 11.6. The van der Waals surface area contributed by atoms with Gasteiger partial charge in [-0.25, -0.2) is 0 Å². The van der Waals surface area contributed by atoms with Gasteiger partial charge in [0.2, 0.25) is 0 Å². The molecule has 0 aliphatic heterocycles. The lowest BCUT2D eigenvalue weighted by Gasteiger charge is -2.12. The van der Waals surface area contributed by atoms with E-state index in [1.54, 1.807) is 31.2 Å². The van der Waals surface area contributed by atoms with Gasteiger partial charge in [0.15, 0.2) is 6.35 Å². The smallest absolute Gasteiger partial charge is 0.365 e. The molecule has 1 atom stereocenters. The molecule has 0 saturated heterocycles. The fraction of sp³-hybridized carbons (Fsp3) is 0.429. The second-order valence-corrected chi connectivity index (χ2v) is 8.41. The van der Waals surface area contributed by atoms with Gasteiger partial charge in [-0.1, -0.05) is 12.1 Å². The molecule has 8 nitrogen and oxygen atoms in total. The van der Waals surface area contributed by atoms with Crippen molar-refractivity contribution < 1.29 is 33.7 Å². The van der Waals surface area contributed by atoms with Crippen LogP contribution in [0.5, 0.6) is 17.2 Å². The van der Waals surface area contributed by atoms with Crippen LogP contribution in [-0.2, 0) is 22.1 Å². The van der Waals surface area contributed by atoms with Crippen LogP contribution < -0.4 is 14.8 Å². The zero-order valence-electron chi connectivity index (χ0n) is 17.1. The zero-order chi connectivity index (χ0) is 21.8. The molecule has 2 aromatic carbocycles. The Morgan fingerprint density at radius 2 is 1.77 bits per heavy atom. The molecule has 1 unspecified atom stereocenters. The molecule has 0 heterocycles. The van der Waals surface area contributed by atoms with E-state index in [4.69, 9.17) is 19.1 Å². The van der Waals surface area contributed by atoms with E-state index < -0.39 is 7.60 Å². The van der Waals surface area contributed by atoms with Crippen LogP contribution in [0.4, 0.5) is 0 Å². The average molecular weight is 439 g/mol. The van der Waals surface area contributed by atoms with E-state index in [1.165, 1.54) is 6.07 Å². The third-order valence-corrected chi connectivity index (χ3v) is 5.34. The Labute approximate surface area is 177 Å². The molecule has 0 spiro atoms. The van der Waals surface area contributed by atoms with E-state index in [0.29, 0.717) is 23.7 Å². The third kappa shape index (κ3) is 8.73. The number of benzene rings is 2. The van der Waals surface area contributed by atoms with Crippen molar-refractivity contribution in [3.63, 3.8) is 0 Å². The van der Waals surface area contributed by atoms with Crippen LogP contribution in [0.2, 0.25) is 0 Å². The Morgan fingerprint density at radius 1 is 1.03 bits per heavy atom. The van der Waals surface area contributed by atoms with Gasteiger partial charge >= 0.3 is 7.60 Å². The van der Waals surface area contributed by atoms with Gasteiger partial charge in [-0.15, -0.1) is 0 Å². The Hall–Kier alpha value is -2.09. The lowest BCUT2D eigenvalue weighted by molar-refractivity contribution is 0.241. The van der Waals surface area contributed by atoms with Crippen molar-refractivity contribution in [1.82, 2.24) is 5.32 Å². The maximum Gasteiger partial charge on any atom is 0.365 e. The van der Waals surface area contributed by atoms with Crippen LogP contribution >= 0.6 is 7.60 Å². The van der Waals surface area contributed by atoms with Crippen LogP contribution in [0.3, 0.4) is 0 Å². The van der Waals surface area contributed by atoms with Gasteiger partial charge in [0.1, 0.15) is 17.2 Å². The fourth-order valence-electron chi connectivity index (χ4n) is 2.67. The van der Waals surface area contributed by atoms with Crippen LogP contribution in [-0.4, -0.2) is 47.8 Å². The average Bonchev–Trinajstić information content (AvgIpc) is 2.73. The summed E-state index contributed by atoms with van der Waals surface area (Å²) in [5.41, 5.74) is 1.57. The lowest BCUT2D eigenvalue weighted by atomic mass is 10.1. The van der Waals surface area contributed by atoms with Crippen molar-refractivity contribution >= 4 is 7.60 Å². The second kappa shape index (κ2) is 12.6. The van der Waals surface area contributed by atoms with Gasteiger partial charge < -0.3 is 34.4 Å². The predicted molar refractivity (Wildman–Crippen MR) is 114 cm³/mol. The molecule has 2 rings (SSSR count). The van der Waals surface area contributed by atoms with Crippen molar-refractivity contribution in [3.8, 4) is 17.2 Å². The van der Waals surface area contributed by atoms with Crippen molar-refractivity contribution in [3.05, 3.63) is 53.6 Å². The van der Waals surface area contributed by atoms with Gasteiger partial charge in [0.05, 0.1) is 19.8 Å². The topological polar surface area (TPSA) is 117 Å². The van der Waals surface area contributed by atoms with Gasteiger partial charge in [0.25, 0.3) is 0 Å². The number of phenols is 1. The van der Waals surface area contributed by atoms with Gasteiger partial charge in [-0.2, -0.15) is 0 Å². The highest BCUT2D eigenvalue weighted by atomic mass is 31.2. The molecule has 0 aromatic heterocycles. The van der Waals surface area contributed by atoms with Crippen molar-refractivity contribution in [2.75, 3.05) is 32.7 Å². The normalized spacial score (nSPS) is 13.0. The highest BCUT2D eigenvalue weighted by Crippen LogP contribution is 2.41. The number of nitrogens with one attached hydrogen (secondary N) is 1.